The Hall–Kier alpha value is -3.46. The first-order valence-corrected chi connectivity index (χ1v) is 9.76. The van der Waals surface area contributed by atoms with Gasteiger partial charge < -0.3 is 15.4 Å². The molecule has 8 nitrogen and oxygen atoms in total. The van der Waals surface area contributed by atoms with E-state index in [1.54, 1.807) is 24.5 Å². The second-order valence-corrected chi connectivity index (χ2v) is 7.68. The highest BCUT2D eigenvalue weighted by Crippen LogP contribution is 2.23. The van der Waals surface area contributed by atoms with Crippen molar-refractivity contribution in [3.05, 3.63) is 72.7 Å². The number of benzene rings is 1. The van der Waals surface area contributed by atoms with Crippen molar-refractivity contribution in [2.75, 3.05) is 12.4 Å². The lowest BCUT2D eigenvalue weighted by atomic mass is 10.3. The third kappa shape index (κ3) is 4.63. The maximum atomic E-state index is 12.6. The molecule has 0 atom stereocenters. The van der Waals surface area contributed by atoms with Crippen LogP contribution < -0.4 is 15.4 Å². The van der Waals surface area contributed by atoms with Crippen LogP contribution >= 0.6 is 0 Å². The van der Waals surface area contributed by atoms with Crippen LogP contribution in [0.3, 0.4) is 0 Å². The van der Waals surface area contributed by atoms with Crippen LogP contribution in [0.25, 0.3) is 0 Å². The summed E-state index contributed by atoms with van der Waals surface area (Å²) in [6.07, 6.45) is 4.53. The van der Waals surface area contributed by atoms with Gasteiger partial charge >= 0.3 is 6.03 Å². The number of pyridine rings is 2. The minimum Gasteiger partial charge on any atom is -0.481 e. The monoisotopic (exact) mass is 398 g/mol. The molecule has 2 amide bonds. The molecule has 2 heterocycles. The van der Waals surface area contributed by atoms with E-state index >= 15 is 0 Å². The number of carbonyl (C=O) groups excluding carboxylic acids is 1. The summed E-state index contributed by atoms with van der Waals surface area (Å²) in [6, 6.07) is 12.0. The van der Waals surface area contributed by atoms with E-state index in [9.17, 15) is 13.2 Å². The molecule has 0 saturated heterocycles. The molecule has 28 heavy (non-hydrogen) atoms. The minimum absolute atomic E-state index is 0.0594. The van der Waals surface area contributed by atoms with E-state index in [-0.39, 0.29) is 9.79 Å². The third-order valence-electron chi connectivity index (χ3n) is 3.85. The van der Waals surface area contributed by atoms with Gasteiger partial charge in [-0.1, -0.05) is 0 Å². The van der Waals surface area contributed by atoms with Gasteiger partial charge in [0.1, 0.15) is 0 Å². The van der Waals surface area contributed by atoms with Crippen molar-refractivity contribution in [1.29, 1.82) is 0 Å². The van der Waals surface area contributed by atoms with E-state index in [1.165, 1.54) is 49.7 Å². The number of urea groups is 1. The number of nitrogens with one attached hydrogen (secondary N) is 2. The number of aromatic nitrogens is 2. The summed E-state index contributed by atoms with van der Waals surface area (Å²) in [5.41, 5.74) is 1.39. The molecule has 0 spiro atoms. The molecule has 0 aliphatic carbocycles. The van der Waals surface area contributed by atoms with E-state index in [0.29, 0.717) is 18.1 Å². The first-order chi connectivity index (χ1) is 13.5. The summed E-state index contributed by atoms with van der Waals surface area (Å²) in [6.45, 7) is 0.352. The van der Waals surface area contributed by atoms with Gasteiger partial charge in [-0.05, 0) is 48.0 Å². The summed E-state index contributed by atoms with van der Waals surface area (Å²) >= 11 is 0. The van der Waals surface area contributed by atoms with Crippen molar-refractivity contribution in [2.24, 2.45) is 0 Å². The summed E-state index contributed by atoms with van der Waals surface area (Å²) in [5, 5.41) is 5.37. The quantitative estimate of drug-likeness (QED) is 0.660. The fraction of sp³-hybridized carbons (Fsp3) is 0.105. The zero-order valence-electron chi connectivity index (χ0n) is 15.0. The molecule has 0 bridgehead atoms. The van der Waals surface area contributed by atoms with Crippen molar-refractivity contribution < 1.29 is 17.9 Å². The Labute approximate surface area is 162 Å². The number of rotatable bonds is 6. The molecular weight excluding hydrogens is 380 g/mol. The number of hydrogen-bond acceptors (Lipinski definition) is 6. The highest BCUT2D eigenvalue weighted by molar-refractivity contribution is 7.91. The number of amides is 2. The predicted molar refractivity (Wildman–Crippen MR) is 103 cm³/mol. The van der Waals surface area contributed by atoms with Gasteiger partial charge in [0.05, 0.1) is 16.9 Å². The number of anilines is 1. The highest BCUT2D eigenvalue weighted by Gasteiger charge is 2.18. The Morgan fingerprint density at radius 1 is 1.00 bits per heavy atom. The fourth-order valence-corrected chi connectivity index (χ4v) is 3.56. The van der Waals surface area contributed by atoms with Crippen molar-refractivity contribution in [1.82, 2.24) is 15.3 Å². The van der Waals surface area contributed by atoms with Crippen molar-refractivity contribution in [2.45, 2.75) is 16.3 Å². The SMILES string of the molecule is COc1ccc(S(=O)(=O)c2ccc(NC(=O)NCc3ccncc3)cc2)cn1. The van der Waals surface area contributed by atoms with Crippen LogP contribution in [0.5, 0.6) is 5.88 Å². The molecular formula is C19H18N4O4S. The van der Waals surface area contributed by atoms with Gasteiger partial charge in [-0.2, -0.15) is 0 Å². The maximum Gasteiger partial charge on any atom is 0.319 e. The molecule has 2 N–H and O–H groups in total. The fourth-order valence-electron chi connectivity index (χ4n) is 2.36. The van der Waals surface area contributed by atoms with Gasteiger partial charge in [0.25, 0.3) is 0 Å². The van der Waals surface area contributed by atoms with Crippen LogP contribution in [-0.2, 0) is 16.4 Å². The number of sulfone groups is 1. The van der Waals surface area contributed by atoms with E-state index in [2.05, 4.69) is 20.6 Å². The molecule has 0 unspecified atom stereocenters. The first-order valence-electron chi connectivity index (χ1n) is 8.28. The smallest absolute Gasteiger partial charge is 0.319 e. The van der Waals surface area contributed by atoms with Crippen LogP contribution in [-0.4, -0.2) is 31.5 Å². The van der Waals surface area contributed by atoms with Crippen molar-refractivity contribution in [3.63, 3.8) is 0 Å². The van der Waals surface area contributed by atoms with Gasteiger partial charge in [-0.15, -0.1) is 0 Å². The molecule has 144 valence electrons. The molecule has 0 saturated carbocycles. The normalized spacial score (nSPS) is 10.9. The Kier molecular flexibility index (Phi) is 5.85. The molecule has 2 aromatic heterocycles. The minimum atomic E-state index is -3.71. The van der Waals surface area contributed by atoms with Gasteiger partial charge in [0.2, 0.25) is 15.7 Å². The second kappa shape index (κ2) is 8.49. The average molecular weight is 398 g/mol. The standard InChI is InChI=1S/C19H18N4O4S/c1-27-18-7-6-17(13-21-18)28(25,26)16-4-2-15(3-5-16)23-19(24)22-12-14-8-10-20-11-9-14/h2-11,13H,12H2,1H3,(H2,22,23,24). The molecule has 9 heteroatoms. The Bertz CT molecular complexity index is 1040. The zero-order chi connectivity index (χ0) is 20.0. The average Bonchev–Trinajstić information content (AvgIpc) is 2.73. The van der Waals surface area contributed by atoms with Crippen LogP contribution in [0.2, 0.25) is 0 Å². The van der Waals surface area contributed by atoms with E-state index in [0.717, 1.165) is 5.56 Å². The van der Waals surface area contributed by atoms with Gasteiger partial charge in [0, 0.05) is 36.9 Å². The topological polar surface area (TPSA) is 110 Å². The third-order valence-corrected chi connectivity index (χ3v) is 5.61. The van der Waals surface area contributed by atoms with Crippen molar-refractivity contribution >= 4 is 21.6 Å². The number of nitrogens with zero attached hydrogens (tertiary/aromatic N) is 2. The molecule has 3 rings (SSSR count). The first kappa shape index (κ1) is 19.3. The Morgan fingerprint density at radius 2 is 1.68 bits per heavy atom. The summed E-state index contributed by atoms with van der Waals surface area (Å²) in [4.78, 5) is 20.0. The van der Waals surface area contributed by atoms with Crippen LogP contribution in [0.15, 0.2) is 76.9 Å². The van der Waals surface area contributed by atoms with Crippen molar-refractivity contribution in [3.8, 4) is 5.88 Å². The number of hydrogen-bond donors (Lipinski definition) is 2. The lowest BCUT2D eigenvalue weighted by Gasteiger charge is -2.09. The summed E-state index contributed by atoms with van der Waals surface area (Å²) < 4.78 is 30.2. The van der Waals surface area contributed by atoms with Gasteiger partial charge in [0.15, 0.2) is 0 Å². The molecule has 0 aliphatic heterocycles. The second-order valence-electron chi connectivity index (χ2n) is 5.73. The van der Waals surface area contributed by atoms with Crippen LogP contribution in [0.4, 0.5) is 10.5 Å². The van der Waals surface area contributed by atoms with Crippen LogP contribution in [0, 0.1) is 0 Å². The molecule has 0 fully saturated rings. The van der Waals surface area contributed by atoms with E-state index < -0.39 is 15.9 Å². The number of methoxy groups -OCH3 is 1. The van der Waals surface area contributed by atoms with Crippen LogP contribution in [0.1, 0.15) is 5.56 Å². The zero-order valence-corrected chi connectivity index (χ0v) is 15.8. The van der Waals surface area contributed by atoms with E-state index in [1.807, 2.05) is 0 Å². The largest absolute Gasteiger partial charge is 0.481 e. The lowest BCUT2D eigenvalue weighted by molar-refractivity contribution is 0.251. The Balaban J connectivity index is 1.64. The highest BCUT2D eigenvalue weighted by atomic mass is 32.2. The predicted octanol–water partition coefficient (Wildman–Crippen LogP) is 2.64. The number of carbonyl (C=O) groups is 1. The maximum absolute atomic E-state index is 12.6. The molecule has 0 radical (unpaired) electrons. The van der Waals surface area contributed by atoms with E-state index in [4.69, 9.17) is 4.74 Å². The molecule has 0 aliphatic rings. The molecule has 1 aromatic carbocycles. The van der Waals surface area contributed by atoms with Gasteiger partial charge in [-0.25, -0.2) is 18.2 Å². The summed E-state index contributed by atoms with van der Waals surface area (Å²) in [7, 11) is -2.25. The number of ether oxygens (including phenoxy) is 1. The Morgan fingerprint density at radius 3 is 2.29 bits per heavy atom. The van der Waals surface area contributed by atoms with Gasteiger partial charge in [-0.3, -0.25) is 4.98 Å². The summed E-state index contributed by atoms with van der Waals surface area (Å²) in [5.74, 6) is 0.330. The molecule has 3 aromatic rings. The lowest BCUT2D eigenvalue weighted by Crippen LogP contribution is -2.28.